The highest BCUT2D eigenvalue weighted by Crippen LogP contribution is 2.56. The van der Waals surface area contributed by atoms with Gasteiger partial charge in [-0.1, -0.05) is 51.1 Å². The minimum atomic E-state index is -0.193. The first kappa shape index (κ1) is 17.5. The molecule has 4 heteroatoms. The number of benzene rings is 1. The van der Waals surface area contributed by atoms with Crippen molar-refractivity contribution in [2.24, 2.45) is 5.41 Å². The molecule has 1 saturated heterocycles. The fraction of sp³-hybridized carbons (Fsp3) is 0.375. The van der Waals surface area contributed by atoms with Crippen molar-refractivity contribution in [3.8, 4) is 0 Å². The van der Waals surface area contributed by atoms with Crippen LogP contribution in [0.1, 0.15) is 33.3 Å². The van der Waals surface area contributed by atoms with Crippen LogP contribution >= 0.6 is 0 Å². The number of anilines is 2. The molecule has 1 N–H and O–H groups in total. The summed E-state index contributed by atoms with van der Waals surface area (Å²) >= 11 is 0. The molecule has 1 spiro atoms. The Morgan fingerprint density at radius 3 is 2.64 bits per heavy atom. The Kier molecular flexibility index (Phi) is 3.72. The van der Waals surface area contributed by atoms with Crippen LogP contribution in [0.25, 0.3) is 0 Å². The summed E-state index contributed by atoms with van der Waals surface area (Å²) < 4.78 is 0. The molecule has 2 unspecified atom stereocenters. The van der Waals surface area contributed by atoms with Crippen molar-refractivity contribution in [3.63, 3.8) is 0 Å². The molecule has 0 amide bonds. The first-order valence-electron chi connectivity index (χ1n) is 10.1. The van der Waals surface area contributed by atoms with Gasteiger partial charge in [0.25, 0.3) is 0 Å². The summed E-state index contributed by atoms with van der Waals surface area (Å²) in [6.07, 6.45) is 10.6. The maximum atomic E-state index is 4.23. The largest absolute Gasteiger partial charge is 0.357 e. The lowest BCUT2D eigenvalue weighted by atomic mass is 9.76. The van der Waals surface area contributed by atoms with Crippen molar-refractivity contribution in [1.82, 2.24) is 9.88 Å². The highest BCUT2D eigenvalue weighted by molar-refractivity contribution is 5.73. The van der Waals surface area contributed by atoms with E-state index in [1.54, 1.807) is 0 Å². The van der Waals surface area contributed by atoms with E-state index in [-0.39, 0.29) is 17.0 Å². The third-order valence-corrected chi connectivity index (χ3v) is 6.81. The molecule has 144 valence electrons. The lowest BCUT2D eigenvalue weighted by molar-refractivity contribution is 0.0571. The van der Waals surface area contributed by atoms with Crippen LogP contribution in [0.2, 0.25) is 0 Å². The van der Waals surface area contributed by atoms with Crippen LogP contribution in [0.15, 0.2) is 72.7 Å². The second-order valence-electron chi connectivity index (χ2n) is 9.18. The summed E-state index contributed by atoms with van der Waals surface area (Å²) in [4.78, 5) is 9.46. The summed E-state index contributed by atoms with van der Waals surface area (Å²) in [6, 6.07) is 13.7. The van der Waals surface area contributed by atoms with Crippen LogP contribution in [0.3, 0.4) is 0 Å². The number of rotatable bonds is 2. The van der Waals surface area contributed by atoms with E-state index in [4.69, 9.17) is 0 Å². The van der Waals surface area contributed by atoms with Crippen molar-refractivity contribution in [2.75, 3.05) is 16.9 Å². The Labute approximate surface area is 167 Å². The number of allylic oxidation sites excluding steroid dienone is 2. The van der Waals surface area contributed by atoms with Gasteiger partial charge in [-0.05, 0) is 36.6 Å². The van der Waals surface area contributed by atoms with E-state index >= 15 is 0 Å². The number of hydrogen-bond donors (Lipinski definition) is 1. The number of pyridine rings is 1. The molecule has 28 heavy (non-hydrogen) atoms. The maximum Gasteiger partial charge on any atom is 0.115 e. The SMILES string of the molecule is CC(N1CN(c2ccncc2)[C@@H]2C=CC=C3Nc4ccccc4C321)C(C)(C)C. The molecular weight excluding hydrogens is 344 g/mol. The molecule has 0 saturated carbocycles. The lowest BCUT2D eigenvalue weighted by Crippen LogP contribution is -2.55. The zero-order valence-corrected chi connectivity index (χ0v) is 17.1. The van der Waals surface area contributed by atoms with Crippen LogP contribution in [0, 0.1) is 5.41 Å². The highest BCUT2D eigenvalue weighted by Gasteiger charge is 2.61. The predicted molar refractivity (Wildman–Crippen MR) is 115 cm³/mol. The normalized spacial score (nSPS) is 26.9. The molecular formula is C24H28N4. The minimum Gasteiger partial charge on any atom is -0.357 e. The van der Waals surface area contributed by atoms with E-state index in [9.17, 15) is 0 Å². The number of nitrogens with zero attached hydrogens (tertiary/aromatic N) is 3. The van der Waals surface area contributed by atoms with E-state index in [1.807, 2.05) is 12.4 Å². The van der Waals surface area contributed by atoms with E-state index < -0.39 is 0 Å². The molecule has 2 aliphatic heterocycles. The van der Waals surface area contributed by atoms with Gasteiger partial charge >= 0.3 is 0 Å². The van der Waals surface area contributed by atoms with Crippen LogP contribution < -0.4 is 10.2 Å². The van der Waals surface area contributed by atoms with Crippen molar-refractivity contribution in [1.29, 1.82) is 0 Å². The molecule has 1 aliphatic carbocycles. The monoisotopic (exact) mass is 372 g/mol. The molecule has 3 aliphatic rings. The summed E-state index contributed by atoms with van der Waals surface area (Å²) in [5, 5.41) is 3.74. The summed E-state index contributed by atoms with van der Waals surface area (Å²) in [7, 11) is 0. The average molecular weight is 373 g/mol. The van der Waals surface area contributed by atoms with Crippen molar-refractivity contribution in [3.05, 3.63) is 78.3 Å². The number of para-hydroxylation sites is 1. The fourth-order valence-corrected chi connectivity index (χ4v) is 5.04. The average Bonchev–Trinajstić information content (AvgIpc) is 3.22. The molecule has 3 atom stereocenters. The lowest BCUT2D eigenvalue weighted by Gasteiger charge is -2.46. The van der Waals surface area contributed by atoms with Crippen molar-refractivity contribution >= 4 is 11.4 Å². The molecule has 1 aromatic carbocycles. The second kappa shape index (κ2) is 5.95. The van der Waals surface area contributed by atoms with Gasteiger partial charge in [-0.25, -0.2) is 0 Å². The molecule has 2 aromatic rings. The molecule has 3 heterocycles. The van der Waals surface area contributed by atoms with E-state index in [0.29, 0.717) is 6.04 Å². The molecule has 0 radical (unpaired) electrons. The smallest absolute Gasteiger partial charge is 0.115 e. The quantitative estimate of drug-likeness (QED) is 0.825. The Balaban J connectivity index is 1.74. The molecule has 1 fully saturated rings. The van der Waals surface area contributed by atoms with Crippen LogP contribution in [0.4, 0.5) is 11.4 Å². The van der Waals surface area contributed by atoms with E-state index in [1.165, 1.54) is 22.6 Å². The van der Waals surface area contributed by atoms with Crippen LogP contribution in [-0.2, 0) is 5.54 Å². The van der Waals surface area contributed by atoms with Gasteiger partial charge in [-0.3, -0.25) is 9.88 Å². The zero-order chi connectivity index (χ0) is 19.5. The Bertz CT molecular complexity index is 956. The summed E-state index contributed by atoms with van der Waals surface area (Å²) in [6.45, 7) is 10.3. The standard InChI is InChI=1S/C24H28N4/c1-17(23(2,3)4)28-16-27(18-12-14-25-15-13-18)22-11-7-10-21-24(22,28)19-8-5-6-9-20(19)26-21/h5-15,17,22,26H,16H2,1-4H3/t17?,22-,24?/m1/s1. The van der Waals surface area contributed by atoms with Gasteiger partial charge in [-0.15, -0.1) is 0 Å². The van der Waals surface area contributed by atoms with Gasteiger partial charge in [0.1, 0.15) is 5.54 Å². The Morgan fingerprint density at radius 2 is 1.89 bits per heavy atom. The molecule has 5 rings (SSSR count). The second-order valence-corrected chi connectivity index (χ2v) is 9.18. The van der Waals surface area contributed by atoms with Crippen molar-refractivity contribution in [2.45, 2.75) is 45.3 Å². The fourth-order valence-electron chi connectivity index (χ4n) is 5.04. The van der Waals surface area contributed by atoms with E-state index in [0.717, 1.165) is 6.67 Å². The third-order valence-electron chi connectivity index (χ3n) is 6.81. The molecule has 0 bridgehead atoms. The van der Waals surface area contributed by atoms with Crippen LogP contribution in [-0.4, -0.2) is 28.6 Å². The van der Waals surface area contributed by atoms with Gasteiger partial charge in [0, 0.05) is 41.1 Å². The molecule has 1 aromatic heterocycles. The van der Waals surface area contributed by atoms with Gasteiger partial charge in [0.2, 0.25) is 0 Å². The summed E-state index contributed by atoms with van der Waals surface area (Å²) in [5.74, 6) is 0. The minimum absolute atomic E-state index is 0.164. The van der Waals surface area contributed by atoms with Gasteiger partial charge in [0.05, 0.1) is 12.7 Å². The van der Waals surface area contributed by atoms with Gasteiger partial charge in [0.15, 0.2) is 0 Å². The van der Waals surface area contributed by atoms with Gasteiger partial charge in [-0.2, -0.15) is 0 Å². The highest BCUT2D eigenvalue weighted by atomic mass is 15.5. The van der Waals surface area contributed by atoms with Crippen LogP contribution in [0.5, 0.6) is 0 Å². The van der Waals surface area contributed by atoms with Gasteiger partial charge < -0.3 is 10.2 Å². The number of hydrogen-bond acceptors (Lipinski definition) is 4. The van der Waals surface area contributed by atoms with E-state index in [2.05, 4.69) is 102 Å². The predicted octanol–water partition coefficient (Wildman–Crippen LogP) is 4.74. The topological polar surface area (TPSA) is 31.4 Å². The number of fused-ring (bicyclic) bond motifs is 1. The number of aromatic nitrogens is 1. The third kappa shape index (κ3) is 2.24. The molecule has 4 nitrogen and oxygen atoms in total. The zero-order valence-electron chi connectivity index (χ0n) is 17.1. The number of nitrogens with one attached hydrogen (secondary N) is 1. The summed E-state index contributed by atoms with van der Waals surface area (Å²) in [5.41, 5.74) is 5.08. The van der Waals surface area contributed by atoms with Crippen molar-refractivity contribution < 1.29 is 0 Å². The first-order chi connectivity index (χ1) is 13.4. The maximum absolute atomic E-state index is 4.23. The first-order valence-corrected chi connectivity index (χ1v) is 10.1. The Hall–Kier alpha value is -2.59. The Morgan fingerprint density at radius 1 is 1.14 bits per heavy atom.